The fourth-order valence-corrected chi connectivity index (χ4v) is 2.91. The standard InChI is InChI=1S/C15H14N2/c1-2-6-12-11(5-1)9-10-17-14-8-4-3-7-13(14)16-15(12)17/h1-2,5-6,9-10H,3-4,7-8H2. The van der Waals surface area contributed by atoms with E-state index in [0.717, 1.165) is 12.1 Å². The molecule has 0 saturated heterocycles. The van der Waals surface area contributed by atoms with Crippen LogP contribution >= 0.6 is 0 Å². The maximum Gasteiger partial charge on any atom is 0.145 e. The summed E-state index contributed by atoms with van der Waals surface area (Å²) in [5.74, 6) is 0. The average molecular weight is 222 g/mol. The molecule has 0 bridgehead atoms. The molecule has 0 fully saturated rings. The molecule has 2 nitrogen and oxygen atoms in total. The fourth-order valence-electron chi connectivity index (χ4n) is 2.91. The van der Waals surface area contributed by atoms with Crippen molar-refractivity contribution in [3.63, 3.8) is 0 Å². The molecule has 1 aromatic carbocycles. The number of aromatic nitrogens is 2. The van der Waals surface area contributed by atoms with Crippen LogP contribution in [0.4, 0.5) is 0 Å². The molecule has 0 radical (unpaired) electrons. The number of hydrogen-bond acceptors (Lipinski definition) is 1. The number of benzene rings is 1. The first kappa shape index (κ1) is 9.23. The van der Waals surface area contributed by atoms with E-state index in [9.17, 15) is 0 Å². The van der Waals surface area contributed by atoms with Crippen molar-refractivity contribution in [2.75, 3.05) is 0 Å². The maximum atomic E-state index is 4.84. The van der Waals surface area contributed by atoms with E-state index in [1.54, 1.807) is 0 Å². The van der Waals surface area contributed by atoms with Crippen molar-refractivity contribution in [3.8, 4) is 0 Å². The Kier molecular flexibility index (Phi) is 1.81. The number of imidazole rings is 1. The molecule has 17 heavy (non-hydrogen) atoms. The minimum atomic E-state index is 1.13. The summed E-state index contributed by atoms with van der Waals surface area (Å²) in [5, 5.41) is 2.55. The van der Waals surface area contributed by atoms with E-state index in [4.69, 9.17) is 4.98 Å². The number of fused-ring (bicyclic) bond motifs is 5. The topological polar surface area (TPSA) is 17.3 Å². The van der Waals surface area contributed by atoms with Gasteiger partial charge in [-0.25, -0.2) is 4.98 Å². The second kappa shape index (κ2) is 3.33. The maximum absolute atomic E-state index is 4.84. The summed E-state index contributed by atoms with van der Waals surface area (Å²) < 4.78 is 2.29. The molecule has 0 unspecified atom stereocenters. The van der Waals surface area contributed by atoms with Crippen LogP contribution in [0.1, 0.15) is 24.2 Å². The average Bonchev–Trinajstić information content (AvgIpc) is 2.78. The molecule has 2 aromatic heterocycles. The van der Waals surface area contributed by atoms with Crippen LogP contribution in [0.5, 0.6) is 0 Å². The van der Waals surface area contributed by atoms with Gasteiger partial charge < -0.3 is 4.40 Å². The first-order valence-electron chi connectivity index (χ1n) is 6.31. The normalized spacial score (nSPS) is 15.3. The highest BCUT2D eigenvalue weighted by Crippen LogP contribution is 2.26. The van der Waals surface area contributed by atoms with Gasteiger partial charge in [-0.15, -0.1) is 0 Å². The zero-order valence-corrected chi connectivity index (χ0v) is 9.69. The van der Waals surface area contributed by atoms with E-state index >= 15 is 0 Å². The molecule has 3 aromatic rings. The van der Waals surface area contributed by atoms with E-state index in [1.165, 1.54) is 41.4 Å². The Hall–Kier alpha value is -1.83. The zero-order valence-electron chi connectivity index (χ0n) is 9.69. The number of pyridine rings is 1. The largest absolute Gasteiger partial charge is 0.303 e. The van der Waals surface area contributed by atoms with E-state index in [0.29, 0.717) is 0 Å². The van der Waals surface area contributed by atoms with Gasteiger partial charge in [-0.3, -0.25) is 0 Å². The number of aryl methyl sites for hydroxylation is 2. The molecule has 1 aliphatic rings. The lowest BCUT2D eigenvalue weighted by Gasteiger charge is -2.10. The van der Waals surface area contributed by atoms with Gasteiger partial charge in [0.15, 0.2) is 0 Å². The Morgan fingerprint density at radius 1 is 1.00 bits per heavy atom. The van der Waals surface area contributed by atoms with E-state index < -0.39 is 0 Å². The molecule has 0 aliphatic heterocycles. The minimum Gasteiger partial charge on any atom is -0.303 e. The molecule has 0 saturated carbocycles. The zero-order chi connectivity index (χ0) is 11.2. The molecule has 2 heteroatoms. The predicted octanol–water partition coefficient (Wildman–Crippen LogP) is 3.37. The lowest BCUT2D eigenvalue weighted by Crippen LogP contribution is -2.03. The molecular formula is C15H14N2. The number of rotatable bonds is 0. The van der Waals surface area contributed by atoms with Gasteiger partial charge in [0.2, 0.25) is 0 Å². The highest BCUT2D eigenvalue weighted by Gasteiger charge is 2.16. The molecule has 2 heterocycles. The van der Waals surface area contributed by atoms with Gasteiger partial charge >= 0.3 is 0 Å². The van der Waals surface area contributed by atoms with Crippen LogP contribution in [-0.2, 0) is 12.8 Å². The highest BCUT2D eigenvalue weighted by atomic mass is 15.0. The smallest absolute Gasteiger partial charge is 0.145 e. The molecule has 0 spiro atoms. The lowest BCUT2D eigenvalue weighted by molar-refractivity contribution is 0.660. The third-order valence-electron chi connectivity index (χ3n) is 3.77. The molecular weight excluding hydrogens is 208 g/mol. The lowest BCUT2D eigenvalue weighted by atomic mass is 10.0. The minimum absolute atomic E-state index is 1.13. The molecule has 1 aliphatic carbocycles. The Bertz CT molecular complexity index is 709. The van der Waals surface area contributed by atoms with Crippen molar-refractivity contribution in [1.29, 1.82) is 0 Å². The molecule has 84 valence electrons. The van der Waals surface area contributed by atoms with Crippen molar-refractivity contribution in [2.24, 2.45) is 0 Å². The van der Waals surface area contributed by atoms with Crippen LogP contribution in [0.25, 0.3) is 16.4 Å². The summed E-state index contributed by atoms with van der Waals surface area (Å²) in [6, 6.07) is 10.7. The fraction of sp³-hybridized carbons (Fsp3) is 0.267. The monoisotopic (exact) mass is 222 g/mol. The summed E-state index contributed by atoms with van der Waals surface area (Å²) >= 11 is 0. The van der Waals surface area contributed by atoms with Crippen LogP contribution in [0.3, 0.4) is 0 Å². The highest BCUT2D eigenvalue weighted by molar-refractivity contribution is 5.94. The SMILES string of the molecule is c1ccc2c(c1)ccn1c3c(nc21)CCCC3. The first-order valence-corrected chi connectivity index (χ1v) is 6.31. The van der Waals surface area contributed by atoms with Crippen LogP contribution in [0.2, 0.25) is 0 Å². The Labute approximate surface area is 99.9 Å². The van der Waals surface area contributed by atoms with Gasteiger partial charge in [0.1, 0.15) is 5.65 Å². The summed E-state index contributed by atoms with van der Waals surface area (Å²) in [6.45, 7) is 0. The second-order valence-corrected chi connectivity index (χ2v) is 4.81. The van der Waals surface area contributed by atoms with Crippen molar-refractivity contribution in [1.82, 2.24) is 9.38 Å². The van der Waals surface area contributed by atoms with Gasteiger partial charge in [-0.2, -0.15) is 0 Å². The predicted molar refractivity (Wildman–Crippen MR) is 69.3 cm³/mol. The third-order valence-corrected chi connectivity index (χ3v) is 3.77. The van der Waals surface area contributed by atoms with Gasteiger partial charge in [-0.05, 0) is 37.1 Å². The number of hydrogen-bond donors (Lipinski definition) is 0. The Balaban J connectivity index is 2.16. The Morgan fingerprint density at radius 2 is 1.88 bits per heavy atom. The quantitative estimate of drug-likeness (QED) is 0.570. The summed E-state index contributed by atoms with van der Waals surface area (Å²) in [5.41, 5.74) is 3.87. The van der Waals surface area contributed by atoms with Crippen LogP contribution in [0, 0.1) is 0 Å². The van der Waals surface area contributed by atoms with Crippen molar-refractivity contribution >= 4 is 16.4 Å². The van der Waals surface area contributed by atoms with Crippen LogP contribution in [-0.4, -0.2) is 9.38 Å². The molecule has 0 amide bonds. The van der Waals surface area contributed by atoms with Gasteiger partial charge in [-0.1, -0.05) is 24.3 Å². The van der Waals surface area contributed by atoms with E-state index in [2.05, 4.69) is 40.9 Å². The van der Waals surface area contributed by atoms with Crippen LogP contribution < -0.4 is 0 Å². The summed E-state index contributed by atoms with van der Waals surface area (Å²) in [7, 11) is 0. The van der Waals surface area contributed by atoms with Crippen molar-refractivity contribution in [2.45, 2.75) is 25.7 Å². The van der Waals surface area contributed by atoms with E-state index in [-0.39, 0.29) is 0 Å². The number of nitrogens with zero attached hydrogens (tertiary/aromatic N) is 2. The van der Waals surface area contributed by atoms with Crippen LogP contribution in [0.15, 0.2) is 36.5 Å². The van der Waals surface area contributed by atoms with Gasteiger partial charge in [0.05, 0.1) is 5.69 Å². The summed E-state index contributed by atoms with van der Waals surface area (Å²) in [4.78, 5) is 4.84. The van der Waals surface area contributed by atoms with Gasteiger partial charge in [0.25, 0.3) is 0 Å². The summed E-state index contributed by atoms with van der Waals surface area (Å²) in [6.07, 6.45) is 7.08. The first-order chi connectivity index (χ1) is 8.43. The van der Waals surface area contributed by atoms with Crippen molar-refractivity contribution < 1.29 is 0 Å². The Morgan fingerprint density at radius 3 is 2.88 bits per heavy atom. The molecule has 0 N–H and O–H groups in total. The third kappa shape index (κ3) is 1.24. The molecule has 0 atom stereocenters. The van der Waals surface area contributed by atoms with Crippen molar-refractivity contribution in [3.05, 3.63) is 47.9 Å². The molecule has 4 rings (SSSR count). The van der Waals surface area contributed by atoms with E-state index in [1.807, 2.05) is 0 Å². The second-order valence-electron chi connectivity index (χ2n) is 4.81. The van der Waals surface area contributed by atoms with Gasteiger partial charge in [0, 0.05) is 17.3 Å².